The van der Waals surface area contributed by atoms with Gasteiger partial charge in [-0.3, -0.25) is 9.88 Å². The fourth-order valence-electron chi connectivity index (χ4n) is 4.38. The van der Waals surface area contributed by atoms with Gasteiger partial charge in [0, 0.05) is 38.1 Å². The SMILES string of the molecule is CCOC(=O)c1c(CN2CCN(c3ccccc3OCC)CC2)nc2ccccc2c1C. The van der Waals surface area contributed by atoms with E-state index in [1.165, 1.54) is 0 Å². The Morgan fingerprint density at radius 3 is 2.44 bits per heavy atom. The summed E-state index contributed by atoms with van der Waals surface area (Å²) in [4.78, 5) is 22.4. The van der Waals surface area contributed by atoms with Gasteiger partial charge < -0.3 is 14.4 Å². The Labute approximate surface area is 189 Å². The van der Waals surface area contributed by atoms with Crippen LogP contribution in [0.15, 0.2) is 48.5 Å². The summed E-state index contributed by atoms with van der Waals surface area (Å²) in [5, 5.41) is 0.997. The third-order valence-corrected chi connectivity index (χ3v) is 5.96. The van der Waals surface area contributed by atoms with Crippen molar-refractivity contribution < 1.29 is 14.3 Å². The molecule has 32 heavy (non-hydrogen) atoms. The quantitative estimate of drug-likeness (QED) is 0.514. The number of nitrogens with zero attached hydrogens (tertiary/aromatic N) is 3. The van der Waals surface area contributed by atoms with Gasteiger partial charge in [0.1, 0.15) is 5.75 Å². The Morgan fingerprint density at radius 1 is 0.969 bits per heavy atom. The molecule has 1 aliphatic heterocycles. The van der Waals surface area contributed by atoms with Crippen LogP contribution in [-0.2, 0) is 11.3 Å². The summed E-state index contributed by atoms with van der Waals surface area (Å²) < 4.78 is 11.2. The second-order valence-electron chi connectivity index (χ2n) is 7.96. The zero-order valence-corrected chi connectivity index (χ0v) is 19.1. The number of aryl methyl sites for hydroxylation is 1. The molecule has 168 valence electrons. The molecule has 2 aromatic carbocycles. The molecule has 0 N–H and O–H groups in total. The van der Waals surface area contributed by atoms with Crippen molar-refractivity contribution in [3.05, 3.63) is 65.4 Å². The fraction of sp³-hybridized carbons (Fsp3) is 0.385. The topological polar surface area (TPSA) is 54.9 Å². The molecule has 0 atom stereocenters. The molecular formula is C26H31N3O3. The fourth-order valence-corrected chi connectivity index (χ4v) is 4.38. The highest BCUT2D eigenvalue weighted by molar-refractivity contribution is 5.98. The molecule has 6 nitrogen and oxygen atoms in total. The second kappa shape index (κ2) is 10.0. The van der Waals surface area contributed by atoms with Gasteiger partial charge in [0.2, 0.25) is 0 Å². The van der Waals surface area contributed by atoms with Crippen LogP contribution in [0.3, 0.4) is 0 Å². The van der Waals surface area contributed by atoms with E-state index in [4.69, 9.17) is 14.5 Å². The van der Waals surface area contributed by atoms with Gasteiger partial charge in [0.25, 0.3) is 0 Å². The molecule has 6 heteroatoms. The molecule has 2 heterocycles. The highest BCUT2D eigenvalue weighted by Gasteiger charge is 2.24. The Hall–Kier alpha value is -3.12. The first-order chi connectivity index (χ1) is 15.6. The summed E-state index contributed by atoms with van der Waals surface area (Å²) in [5.74, 6) is 0.641. The molecule has 0 radical (unpaired) electrons. The number of ether oxygens (including phenoxy) is 2. The lowest BCUT2D eigenvalue weighted by atomic mass is 10.0. The van der Waals surface area contributed by atoms with Gasteiger partial charge in [-0.1, -0.05) is 30.3 Å². The van der Waals surface area contributed by atoms with E-state index in [0.29, 0.717) is 25.3 Å². The maximum absolute atomic E-state index is 12.8. The number of fused-ring (bicyclic) bond motifs is 1. The molecule has 4 rings (SSSR count). The predicted molar refractivity (Wildman–Crippen MR) is 128 cm³/mol. The maximum atomic E-state index is 12.8. The molecule has 1 saturated heterocycles. The van der Waals surface area contributed by atoms with Crippen LogP contribution in [0.5, 0.6) is 5.75 Å². The van der Waals surface area contributed by atoms with Gasteiger partial charge in [-0.15, -0.1) is 0 Å². The van der Waals surface area contributed by atoms with Crippen LogP contribution in [0, 0.1) is 6.92 Å². The first kappa shape index (κ1) is 22.1. The van der Waals surface area contributed by atoms with Crippen molar-refractivity contribution in [1.29, 1.82) is 0 Å². The van der Waals surface area contributed by atoms with E-state index >= 15 is 0 Å². The highest BCUT2D eigenvalue weighted by Crippen LogP contribution is 2.30. The van der Waals surface area contributed by atoms with Crippen LogP contribution in [-0.4, -0.2) is 55.2 Å². The van der Waals surface area contributed by atoms with E-state index in [2.05, 4.69) is 21.9 Å². The lowest BCUT2D eigenvalue weighted by Crippen LogP contribution is -2.46. The maximum Gasteiger partial charge on any atom is 0.340 e. The molecule has 0 saturated carbocycles. The minimum atomic E-state index is -0.289. The summed E-state index contributed by atoms with van der Waals surface area (Å²) in [5.41, 5.74) is 4.39. The minimum absolute atomic E-state index is 0.289. The lowest BCUT2D eigenvalue weighted by Gasteiger charge is -2.36. The summed E-state index contributed by atoms with van der Waals surface area (Å²) in [6, 6.07) is 16.2. The van der Waals surface area contributed by atoms with Crippen molar-refractivity contribution in [1.82, 2.24) is 9.88 Å². The van der Waals surface area contributed by atoms with Crippen molar-refractivity contribution in [2.75, 3.05) is 44.3 Å². The first-order valence-corrected chi connectivity index (χ1v) is 11.4. The van der Waals surface area contributed by atoms with Crippen LogP contribution in [0.1, 0.15) is 35.5 Å². The van der Waals surface area contributed by atoms with Crippen molar-refractivity contribution in [2.24, 2.45) is 0 Å². The normalized spacial score (nSPS) is 14.5. The van der Waals surface area contributed by atoms with E-state index < -0.39 is 0 Å². The largest absolute Gasteiger partial charge is 0.492 e. The molecule has 0 amide bonds. The number of hydrogen-bond donors (Lipinski definition) is 0. The third-order valence-electron chi connectivity index (χ3n) is 5.96. The van der Waals surface area contributed by atoms with Gasteiger partial charge >= 0.3 is 5.97 Å². The monoisotopic (exact) mass is 433 g/mol. The number of aromatic nitrogens is 1. The van der Waals surface area contributed by atoms with Crippen molar-refractivity contribution in [3.8, 4) is 5.75 Å². The van der Waals surface area contributed by atoms with E-state index in [9.17, 15) is 4.79 Å². The minimum Gasteiger partial charge on any atom is -0.492 e. The summed E-state index contributed by atoms with van der Waals surface area (Å²) in [6.07, 6.45) is 0. The zero-order chi connectivity index (χ0) is 22.5. The van der Waals surface area contributed by atoms with E-state index in [-0.39, 0.29) is 5.97 Å². The molecule has 0 aliphatic carbocycles. The first-order valence-electron chi connectivity index (χ1n) is 11.4. The van der Waals surface area contributed by atoms with Crippen LogP contribution in [0.2, 0.25) is 0 Å². The summed E-state index contributed by atoms with van der Waals surface area (Å²) in [7, 11) is 0. The van der Waals surface area contributed by atoms with Gasteiger partial charge in [0.05, 0.1) is 35.7 Å². The number of carbonyl (C=O) groups excluding carboxylic acids is 1. The van der Waals surface area contributed by atoms with Crippen LogP contribution in [0.4, 0.5) is 5.69 Å². The summed E-state index contributed by atoms with van der Waals surface area (Å²) in [6.45, 7) is 11.0. The molecule has 3 aromatic rings. The number of carbonyl (C=O) groups is 1. The van der Waals surface area contributed by atoms with Crippen LogP contribution < -0.4 is 9.64 Å². The van der Waals surface area contributed by atoms with E-state index in [1.807, 2.05) is 57.2 Å². The molecule has 1 fully saturated rings. The molecule has 0 spiro atoms. The molecule has 1 aliphatic rings. The van der Waals surface area contributed by atoms with Crippen molar-refractivity contribution in [2.45, 2.75) is 27.3 Å². The number of para-hydroxylation sites is 3. The number of anilines is 1. The number of piperazine rings is 1. The van der Waals surface area contributed by atoms with Gasteiger partial charge in [-0.25, -0.2) is 4.79 Å². The van der Waals surface area contributed by atoms with Gasteiger partial charge in [-0.2, -0.15) is 0 Å². The lowest BCUT2D eigenvalue weighted by molar-refractivity contribution is 0.0522. The smallest absolute Gasteiger partial charge is 0.340 e. The Balaban J connectivity index is 1.55. The average Bonchev–Trinajstić information content (AvgIpc) is 2.81. The Bertz CT molecular complexity index is 1090. The van der Waals surface area contributed by atoms with Crippen molar-refractivity contribution in [3.63, 3.8) is 0 Å². The standard InChI is InChI=1S/C26H31N3O3/c1-4-31-24-13-9-8-12-23(24)29-16-14-28(15-17-29)18-22-25(26(30)32-5-2)19(3)20-10-6-7-11-21(20)27-22/h6-13H,4-5,14-18H2,1-3H3. The number of rotatable bonds is 7. The van der Waals surface area contributed by atoms with Crippen molar-refractivity contribution >= 4 is 22.6 Å². The van der Waals surface area contributed by atoms with E-state index in [1.54, 1.807) is 0 Å². The van der Waals surface area contributed by atoms with Crippen LogP contribution in [0.25, 0.3) is 10.9 Å². The Kier molecular flexibility index (Phi) is 6.90. The number of benzene rings is 2. The number of esters is 1. The second-order valence-corrected chi connectivity index (χ2v) is 7.96. The van der Waals surface area contributed by atoms with Crippen LogP contribution >= 0.6 is 0 Å². The predicted octanol–water partition coefficient (Wildman–Crippen LogP) is 4.44. The molecule has 0 bridgehead atoms. The summed E-state index contributed by atoms with van der Waals surface area (Å²) >= 11 is 0. The Morgan fingerprint density at radius 2 is 1.69 bits per heavy atom. The molecule has 0 unspecified atom stereocenters. The molecular weight excluding hydrogens is 402 g/mol. The highest BCUT2D eigenvalue weighted by atomic mass is 16.5. The number of pyridine rings is 1. The average molecular weight is 434 g/mol. The van der Waals surface area contributed by atoms with E-state index in [0.717, 1.165) is 59.8 Å². The molecule has 1 aromatic heterocycles. The third kappa shape index (κ3) is 4.55. The zero-order valence-electron chi connectivity index (χ0n) is 19.1. The van der Waals surface area contributed by atoms with Gasteiger partial charge in [-0.05, 0) is 44.5 Å². The van der Waals surface area contributed by atoms with Gasteiger partial charge in [0.15, 0.2) is 0 Å². The number of hydrogen-bond acceptors (Lipinski definition) is 6.